The molecule has 0 N–H and O–H groups in total. The van der Waals surface area contributed by atoms with E-state index in [0.29, 0.717) is 0 Å². The van der Waals surface area contributed by atoms with Crippen molar-refractivity contribution in [2.24, 2.45) is 0 Å². The Bertz CT molecular complexity index is 3420. The number of thiophene rings is 1. The molecule has 0 saturated carbocycles. The van der Waals surface area contributed by atoms with Gasteiger partial charge in [-0.2, -0.15) is 0 Å². The molecule has 13 rings (SSSR count). The average Bonchev–Trinajstić information content (AvgIpc) is 3.96. The smallest absolute Gasteiger partial charge is 0.293 e. The molecular weight excluding hydrogens is 946 g/mol. The Labute approximate surface area is 416 Å². The molecule has 7 aromatic rings. The van der Waals surface area contributed by atoms with Crippen molar-refractivity contribution < 1.29 is 4.42 Å². The highest BCUT2D eigenvalue weighted by atomic mass is 127. The van der Waals surface area contributed by atoms with Crippen molar-refractivity contribution in [2.45, 2.75) is 158 Å². The van der Waals surface area contributed by atoms with Gasteiger partial charge in [0.15, 0.2) is 0 Å². The first kappa shape index (κ1) is 42.8. The molecule has 6 heteroatoms. The van der Waals surface area contributed by atoms with Gasteiger partial charge in [0.2, 0.25) is 0 Å². The third kappa shape index (κ3) is 5.81. The van der Waals surface area contributed by atoms with Crippen LogP contribution in [0.2, 0.25) is 0 Å². The van der Waals surface area contributed by atoms with Crippen molar-refractivity contribution in [3.8, 4) is 0 Å². The maximum atomic E-state index is 7.71. The van der Waals surface area contributed by atoms with Gasteiger partial charge in [0.1, 0.15) is 5.58 Å². The highest BCUT2D eigenvalue weighted by Crippen LogP contribution is 2.58. The first-order valence-electron chi connectivity index (χ1n) is 25.1. The predicted octanol–water partition coefficient (Wildman–Crippen LogP) is 16.3. The van der Waals surface area contributed by atoms with Gasteiger partial charge in [0.25, 0.3) is 6.71 Å². The second kappa shape index (κ2) is 13.5. The van der Waals surface area contributed by atoms with Crippen LogP contribution < -0.4 is 20.9 Å². The summed E-state index contributed by atoms with van der Waals surface area (Å²) >= 11 is 4.67. The zero-order chi connectivity index (χ0) is 46.7. The van der Waals surface area contributed by atoms with Gasteiger partial charge in [0.05, 0.1) is 27.8 Å². The summed E-state index contributed by atoms with van der Waals surface area (Å²) in [6, 6.07) is 34.0. The Morgan fingerprint density at radius 2 is 1.21 bits per heavy atom. The lowest BCUT2D eigenvalue weighted by Crippen LogP contribution is -2.59. The molecule has 0 radical (unpaired) electrons. The standard InChI is InChI=1S/C61H64BIN2OS/c1-34-28-48-51-52(34)65(46-18-15-17-37-36-16-13-14-19-50(36)67-54(37)46)53-38-30-41-44(61(12,63)27-26-60(41,10)11)33-49(38)66-55(53)62(51)45-31-42-43(59(8,9)25-24-58(42,6)7)32-47(45)64(48)35-20-21-39-40(29-35)57(4,5)23-22-56(39,2)3/h13-21,28-33,52H,22-27H2,1-12H3. The number of halogens is 1. The predicted molar refractivity (Wildman–Crippen MR) is 297 cm³/mol. The summed E-state index contributed by atoms with van der Waals surface area (Å²) < 4.78 is 10.4. The van der Waals surface area contributed by atoms with Crippen LogP contribution in [0.1, 0.15) is 155 Å². The van der Waals surface area contributed by atoms with E-state index in [9.17, 15) is 0 Å². The summed E-state index contributed by atoms with van der Waals surface area (Å²) in [6.07, 6.45) is 9.62. The van der Waals surface area contributed by atoms with E-state index in [-0.39, 0.29) is 43.3 Å². The molecule has 5 aromatic carbocycles. The quantitative estimate of drug-likeness (QED) is 0.0977. The van der Waals surface area contributed by atoms with E-state index >= 15 is 0 Å². The molecule has 2 aliphatic heterocycles. The maximum Gasteiger partial charge on any atom is 0.293 e. The summed E-state index contributed by atoms with van der Waals surface area (Å²) in [4.78, 5) is 5.46. The van der Waals surface area contributed by atoms with Crippen molar-refractivity contribution in [2.75, 3.05) is 9.80 Å². The molecule has 6 aliphatic rings. The fourth-order valence-electron chi connectivity index (χ4n) is 13.9. The summed E-state index contributed by atoms with van der Waals surface area (Å²) in [5, 5.41) is 3.91. The Kier molecular flexibility index (Phi) is 8.64. The summed E-state index contributed by atoms with van der Waals surface area (Å²) in [6.45, 7) is 29.5. The number of hydrogen-bond acceptors (Lipinski definition) is 4. The van der Waals surface area contributed by atoms with Crippen LogP contribution in [0.4, 0.5) is 22.7 Å². The fourth-order valence-corrected chi connectivity index (χ4v) is 15.9. The lowest BCUT2D eigenvalue weighted by molar-refractivity contribution is 0.332. The Hall–Kier alpha value is -4.27. The third-order valence-electron chi connectivity index (χ3n) is 18.3. The largest absolute Gasteiger partial charge is 0.468 e. The molecule has 0 saturated heterocycles. The normalized spacial score (nSPS) is 24.6. The molecule has 3 nitrogen and oxygen atoms in total. The van der Waals surface area contributed by atoms with Gasteiger partial charge in [0, 0.05) is 41.4 Å². The molecule has 2 aromatic heterocycles. The summed E-state index contributed by atoms with van der Waals surface area (Å²) in [5.74, 6) is 0. The van der Waals surface area contributed by atoms with E-state index in [2.05, 4.69) is 206 Å². The second-order valence-electron chi connectivity index (χ2n) is 25.0. The number of benzene rings is 5. The van der Waals surface area contributed by atoms with E-state index in [1.54, 1.807) is 0 Å². The fraction of sp³-hybridized carbons (Fsp3) is 0.410. The van der Waals surface area contributed by atoms with Crippen LogP contribution in [0.15, 0.2) is 112 Å². The number of anilines is 4. The minimum atomic E-state index is -0.0459. The molecule has 0 spiro atoms. The van der Waals surface area contributed by atoms with Crippen LogP contribution in [-0.2, 0) is 30.5 Å². The van der Waals surface area contributed by atoms with Gasteiger partial charge in [-0.25, -0.2) is 0 Å². The van der Waals surface area contributed by atoms with Gasteiger partial charge in [-0.05, 0) is 178 Å². The monoisotopic (exact) mass is 1010 g/mol. The zero-order valence-electron chi connectivity index (χ0n) is 41.6. The van der Waals surface area contributed by atoms with E-state index in [4.69, 9.17) is 4.42 Å². The van der Waals surface area contributed by atoms with E-state index in [0.717, 1.165) is 24.1 Å². The molecule has 67 heavy (non-hydrogen) atoms. The van der Waals surface area contributed by atoms with E-state index in [1.807, 2.05) is 11.3 Å². The maximum absolute atomic E-state index is 7.71. The molecule has 4 aliphatic carbocycles. The lowest BCUT2D eigenvalue weighted by Gasteiger charge is -2.47. The van der Waals surface area contributed by atoms with Crippen molar-refractivity contribution >= 4 is 106 Å². The molecular formula is C61H64BIN2OS. The molecule has 2 unspecified atom stereocenters. The number of furan rings is 1. The highest BCUT2D eigenvalue weighted by Gasteiger charge is 2.55. The lowest BCUT2D eigenvalue weighted by atomic mass is 9.34. The van der Waals surface area contributed by atoms with Gasteiger partial charge in [-0.1, -0.05) is 134 Å². The number of hydrogen-bond donors (Lipinski definition) is 0. The number of rotatable bonds is 2. The number of fused-ring (bicyclic) bond motifs is 12. The first-order chi connectivity index (χ1) is 31.6. The van der Waals surface area contributed by atoms with Crippen LogP contribution in [0.5, 0.6) is 0 Å². The summed E-state index contributed by atoms with van der Waals surface area (Å²) in [7, 11) is 0. The molecule has 340 valence electrons. The minimum absolute atomic E-state index is 0.00660. The number of nitrogens with zero attached hydrogens (tertiary/aromatic N) is 2. The molecule has 2 atom stereocenters. The minimum Gasteiger partial charge on any atom is -0.468 e. The summed E-state index contributed by atoms with van der Waals surface area (Å²) in [5.41, 5.74) is 22.1. The number of alkyl halides is 1. The van der Waals surface area contributed by atoms with E-state index in [1.165, 1.54) is 130 Å². The van der Waals surface area contributed by atoms with Gasteiger partial charge in [-0.15, -0.1) is 11.3 Å². The third-order valence-corrected chi connectivity index (χ3v) is 20.7. The molecule has 0 amide bonds. The van der Waals surface area contributed by atoms with Crippen LogP contribution in [-0.4, -0.2) is 12.8 Å². The van der Waals surface area contributed by atoms with Crippen LogP contribution >= 0.6 is 33.9 Å². The van der Waals surface area contributed by atoms with Crippen LogP contribution in [0.25, 0.3) is 31.1 Å². The van der Waals surface area contributed by atoms with Crippen molar-refractivity contribution in [3.05, 3.63) is 141 Å². The molecule has 4 heterocycles. The van der Waals surface area contributed by atoms with Gasteiger partial charge in [-0.3, -0.25) is 0 Å². The Morgan fingerprint density at radius 3 is 1.93 bits per heavy atom. The van der Waals surface area contributed by atoms with Crippen molar-refractivity contribution in [1.82, 2.24) is 0 Å². The van der Waals surface area contributed by atoms with Crippen LogP contribution in [0.3, 0.4) is 0 Å². The molecule has 0 bridgehead atoms. The highest BCUT2D eigenvalue weighted by molar-refractivity contribution is 14.1. The van der Waals surface area contributed by atoms with Crippen molar-refractivity contribution in [1.29, 1.82) is 0 Å². The second-order valence-corrected chi connectivity index (χ2v) is 28.5. The Balaban J connectivity index is 1.16. The van der Waals surface area contributed by atoms with Crippen LogP contribution in [0, 0.1) is 0 Å². The average molecular weight is 1010 g/mol. The Morgan fingerprint density at radius 1 is 0.597 bits per heavy atom. The van der Waals surface area contributed by atoms with Crippen molar-refractivity contribution in [3.63, 3.8) is 0 Å². The topological polar surface area (TPSA) is 19.6 Å². The SMILES string of the molecule is CC1=CC2=C3B(c4cc5c(cc4N2c2ccc4c(c2)C(C)(C)CCC4(C)C)C(C)(C)CCC5(C)C)c2oc4cc5c(cc4c2N(c2cccc4c2sc2ccccc24)C13)C(C)(C)CCC5(C)I. The number of allylic oxidation sites excluding steroid dienone is 1. The molecule has 0 fully saturated rings. The zero-order valence-corrected chi connectivity index (χ0v) is 44.6. The van der Waals surface area contributed by atoms with E-state index < -0.39 is 0 Å². The van der Waals surface area contributed by atoms with Gasteiger partial charge < -0.3 is 14.2 Å². The first-order valence-corrected chi connectivity index (χ1v) is 27.0. The van der Waals surface area contributed by atoms with Gasteiger partial charge >= 0.3 is 0 Å².